The van der Waals surface area contributed by atoms with Crippen LogP contribution in [0.3, 0.4) is 0 Å². The summed E-state index contributed by atoms with van der Waals surface area (Å²) in [5.74, 6) is -0.00615. The van der Waals surface area contributed by atoms with Gasteiger partial charge in [-0.3, -0.25) is 25.3 Å². The van der Waals surface area contributed by atoms with Crippen LogP contribution >= 0.6 is 0 Å². The molecule has 0 saturated carbocycles. The lowest BCUT2D eigenvalue weighted by Gasteiger charge is -2.27. The standard InChI is InChI=1S/C31H39N7O5/c1-31(2,3)43-30(41)36-25-10-5-4-9-24(25)34-28(39)26-14-13-22(21-33-26)23(11-8-16-38-17-19-42-20-18-38)35-29(40)37-27-12-6-7-15-32-27/h4-7,9-10,12-15,21,23H,8,11,16-20H2,1-3H3,(H,34,39)(H,36,41)(H2,32,35,37,40). The lowest BCUT2D eigenvalue weighted by molar-refractivity contribution is 0.0369. The zero-order chi connectivity index (χ0) is 30.7. The van der Waals surface area contributed by atoms with Gasteiger partial charge in [-0.1, -0.05) is 24.3 Å². The van der Waals surface area contributed by atoms with E-state index in [9.17, 15) is 14.4 Å². The van der Waals surface area contributed by atoms with Crippen LogP contribution in [0.5, 0.6) is 0 Å². The molecule has 0 bridgehead atoms. The number of para-hydroxylation sites is 2. The predicted octanol–water partition coefficient (Wildman–Crippen LogP) is 5.05. The average Bonchev–Trinajstić information content (AvgIpc) is 2.98. The minimum atomic E-state index is -0.664. The maximum absolute atomic E-state index is 13.1. The molecule has 2 aromatic heterocycles. The van der Waals surface area contributed by atoms with Gasteiger partial charge in [0.15, 0.2) is 0 Å². The van der Waals surface area contributed by atoms with Crippen LogP contribution in [0.25, 0.3) is 0 Å². The molecule has 1 saturated heterocycles. The van der Waals surface area contributed by atoms with Crippen molar-refractivity contribution in [2.24, 2.45) is 0 Å². The number of hydrogen-bond donors (Lipinski definition) is 4. The molecule has 12 nitrogen and oxygen atoms in total. The van der Waals surface area contributed by atoms with Crippen molar-refractivity contribution in [3.05, 3.63) is 78.2 Å². The number of carbonyl (C=O) groups excluding carboxylic acids is 3. The third kappa shape index (κ3) is 10.3. The lowest BCUT2D eigenvalue weighted by Crippen LogP contribution is -2.37. The van der Waals surface area contributed by atoms with Gasteiger partial charge in [-0.15, -0.1) is 0 Å². The van der Waals surface area contributed by atoms with Gasteiger partial charge in [-0.25, -0.2) is 14.6 Å². The van der Waals surface area contributed by atoms with E-state index in [0.29, 0.717) is 23.6 Å². The molecule has 1 atom stereocenters. The number of morpholine rings is 1. The van der Waals surface area contributed by atoms with Crippen LogP contribution < -0.4 is 21.3 Å². The molecular formula is C31H39N7O5. The Morgan fingerprint density at radius 1 is 0.930 bits per heavy atom. The molecule has 1 aliphatic heterocycles. The maximum Gasteiger partial charge on any atom is 0.412 e. The first-order valence-electron chi connectivity index (χ1n) is 14.3. The summed E-state index contributed by atoms with van der Waals surface area (Å²) in [6.45, 7) is 9.42. The highest BCUT2D eigenvalue weighted by molar-refractivity contribution is 6.05. The fourth-order valence-corrected chi connectivity index (χ4v) is 4.46. The van der Waals surface area contributed by atoms with Crippen LogP contribution in [0, 0.1) is 0 Å². The van der Waals surface area contributed by atoms with Crippen molar-refractivity contribution in [3.8, 4) is 0 Å². The van der Waals surface area contributed by atoms with Crippen molar-refractivity contribution < 1.29 is 23.9 Å². The molecular weight excluding hydrogens is 550 g/mol. The second kappa shape index (κ2) is 15.1. The van der Waals surface area contributed by atoms with Gasteiger partial charge in [0.25, 0.3) is 5.91 Å². The predicted molar refractivity (Wildman–Crippen MR) is 164 cm³/mol. The quantitative estimate of drug-likeness (QED) is 0.257. The van der Waals surface area contributed by atoms with E-state index in [0.717, 1.165) is 44.8 Å². The normalized spacial score (nSPS) is 14.3. The molecule has 1 fully saturated rings. The molecule has 0 aliphatic carbocycles. The van der Waals surface area contributed by atoms with Gasteiger partial charge in [0.2, 0.25) is 0 Å². The first kappa shape index (κ1) is 31.4. The summed E-state index contributed by atoms with van der Waals surface area (Å²) in [5.41, 5.74) is 1.08. The second-order valence-electron chi connectivity index (χ2n) is 11.1. The van der Waals surface area contributed by atoms with Crippen molar-refractivity contribution >= 4 is 35.2 Å². The highest BCUT2D eigenvalue weighted by Gasteiger charge is 2.20. The molecule has 228 valence electrons. The largest absolute Gasteiger partial charge is 0.444 e. The number of aromatic nitrogens is 2. The minimum absolute atomic E-state index is 0.181. The molecule has 12 heteroatoms. The van der Waals surface area contributed by atoms with Crippen LogP contribution in [-0.2, 0) is 9.47 Å². The average molecular weight is 590 g/mol. The van der Waals surface area contributed by atoms with E-state index in [-0.39, 0.29) is 17.8 Å². The number of amides is 4. The van der Waals surface area contributed by atoms with Crippen LogP contribution in [0.1, 0.15) is 55.7 Å². The first-order valence-corrected chi connectivity index (χ1v) is 14.3. The minimum Gasteiger partial charge on any atom is -0.444 e. The summed E-state index contributed by atoms with van der Waals surface area (Å²) >= 11 is 0. The second-order valence-corrected chi connectivity index (χ2v) is 11.1. The number of benzene rings is 1. The molecule has 0 radical (unpaired) electrons. The Hall–Kier alpha value is -4.55. The Balaban J connectivity index is 1.42. The van der Waals surface area contributed by atoms with Gasteiger partial charge >= 0.3 is 12.1 Å². The Morgan fingerprint density at radius 3 is 2.30 bits per heavy atom. The van der Waals surface area contributed by atoms with Gasteiger partial charge in [-0.2, -0.15) is 0 Å². The summed E-state index contributed by atoms with van der Waals surface area (Å²) in [6.07, 6.45) is 4.09. The summed E-state index contributed by atoms with van der Waals surface area (Å²) in [4.78, 5) is 49.0. The van der Waals surface area contributed by atoms with Crippen molar-refractivity contribution in [3.63, 3.8) is 0 Å². The van der Waals surface area contributed by atoms with E-state index < -0.39 is 17.6 Å². The van der Waals surface area contributed by atoms with E-state index in [2.05, 4.69) is 36.1 Å². The molecule has 4 N–H and O–H groups in total. The van der Waals surface area contributed by atoms with Crippen LogP contribution in [-0.4, -0.2) is 71.3 Å². The van der Waals surface area contributed by atoms with E-state index >= 15 is 0 Å². The van der Waals surface area contributed by atoms with Gasteiger partial charge in [0, 0.05) is 25.5 Å². The fourth-order valence-electron chi connectivity index (χ4n) is 4.46. The number of nitrogens with one attached hydrogen (secondary N) is 4. The molecule has 3 heterocycles. The van der Waals surface area contributed by atoms with Crippen LogP contribution in [0.4, 0.5) is 26.8 Å². The maximum atomic E-state index is 13.1. The van der Waals surface area contributed by atoms with Crippen LogP contribution in [0.15, 0.2) is 67.0 Å². The van der Waals surface area contributed by atoms with E-state index in [1.807, 2.05) is 0 Å². The number of pyridine rings is 2. The number of hydrogen-bond acceptors (Lipinski definition) is 8. The fraction of sp³-hybridized carbons (Fsp3) is 0.387. The smallest absolute Gasteiger partial charge is 0.412 e. The van der Waals surface area contributed by atoms with Gasteiger partial charge in [0.05, 0.1) is 30.6 Å². The summed E-state index contributed by atoms with van der Waals surface area (Å²) in [7, 11) is 0. The highest BCUT2D eigenvalue weighted by Crippen LogP contribution is 2.24. The monoisotopic (exact) mass is 589 g/mol. The zero-order valence-corrected chi connectivity index (χ0v) is 24.8. The molecule has 1 unspecified atom stereocenters. The van der Waals surface area contributed by atoms with Crippen molar-refractivity contribution in [2.75, 3.05) is 48.8 Å². The molecule has 4 amide bonds. The Kier molecular flexibility index (Phi) is 11.0. The Labute approximate surface area is 251 Å². The van der Waals surface area contributed by atoms with E-state index in [1.54, 1.807) is 87.8 Å². The third-order valence-corrected chi connectivity index (χ3v) is 6.51. The number of urea groups is 1. The van der Waals surface area contributed by atoms with Gasteiger partial charge < -0.3 is 20.1 Å². The molecule has 43 heavy (non-hydrogen) atoms. The molecule has 1 aromatic carbocycles. The van der Waals surface area contributed by atoms with Crippen molar-refractivity contribution in [1.29, 1.82) is 0 Å². The third-order valence-electron chi connectivity index (χ3n) is 6.51. The number of nitrogens with zero attached hydrogens (tertiary/aromatic N) is 3. The summed E-state index contributed by atoms with van der Waals surface area (Å²) in [5, 5.41) is 11.3. The van der Waals surface area contributed by atoms with Crippen molar-refractivity contribution in [1.82, 2.24) is 20.2 Å². The molecule has 0 spiro atoms. The van der Waals surface area contributed by atoms with Crippen molar-refractivity contribution in [2.45, 2.75) is 45.3 Å². The number of anilines is 3. The zero-order valence-electron chi connectivity index (χ0n) is 24.8. The van der Waals surface area contributed by atoms with Gasteiger partial charge in [-0.05, 0) is 76.1 Å². The number of ether oxygens (including phenoxy) is 2. The van der Waals surface area contributed by atoms with E-state index in [4.69, 9.17) is 9.47 Å². The molecule has 1 aliphatic rings. The summed E-state index contributed by atoms with van der Waals surface area (Å²) in [6, 6.07) is 14.8. The Bertz CT molecular complexity index is 1360. The summed E-state index contributed by atoms with van der Waals surface area (Å²) < 4.78 is 10.8. The number of carbonyl (C=O) groups is 3. The highest BCUT2D eigenvalue weighted by atomic mass is 16.6. The van der Waals surface area contributed by atoms with Crippen LogP contribution in [0.2, 0.25) is 0 Å². The molecule has 3 aromatic rings. The first-order chi connectivity index (χ1) is 20.7. The van der Waals surface area contributed by atoms with Gasteiger partial charge in [0.1, 0.15) is 17.1 Å². The topological polar surface area (TPSA) is 147 Å². The Morgan fingerprint density at radius 2 is 1.65 bits per heavy atom. The van der Waals surface area contributed by atoms with E-state index in [1.165, 1.54) is 0 Å². The number of rotatable bonds is 10. The molecule has 4 rings (SSSR count). The SMILES string of the molecule is CC(C)(C)OC(=O)Nc1ccccc1NC(=O)c1ccc(C(CCCN2CCOCC2)NC(=O)Nc2ccccn2)cn1. The lowest BCUT2D eigenvalue weighted by atomic mass is 10.0.